The van der Waals surface area contributed by atoms with Crippen molar-refractivity contribution in [2.45, 2.75) is 24.9 Å². The molecule has 0 radical (unpaired) electrons. The van der Waals surface area contributed by atoms with E-state index in [1.165, 1.54) is 7.11 Å². The number of esters is 1. The van der Waals surface area contributed by atoms with E-state index in [2.05, 4.69) is 0 Å². The SMILES string of the molecule is COC(=O)[C@@H]1CC[C@H](O)[C@H]1c1ccccc1. The lowest BCUT2D eigenvalue weighted by molar-refractivity contribution is -0.146. The fourth-order valence-electron chi connectivity index (χ4n) is 2.52. The number of ether oxygens (including phenoxy) is 1. The Morgan fingerprint density at radius 3 is 2.62 bits per heavy atom. The Labute approximate surface area is 95.0 Å². The lowest BCUT2D eigenvalue weighted by Crippen LogP contribution is -2.24. The number of carbonyl (C=O) groups is 1. The highest BCUT2D eigenvalue weighted by Gasteiger charge is 2.40. The Kier molecular flexibility index (Phi) is 3.25. The van der Waals surface area contributed by atoms with Crippen LogP contribution in [0.2, 0.25) is 0 Å². The monoisotopic (exact) mass is 220 g/mol. The Balaban J connectivity index is 2.26. The molecular weight excluding hydrogens is 204 g/mol. The molecule has 0 unspecified atom stereocenters. The summed E-state index contributed by atoms with van der Waals surface area (Å²) in [6, 6.07) is 9.69. The van der Waals surface area contributed by atoms with Gasteiger partial charge in [0, 0.05) is 5.92 Å². The van der Waals surface area contributed by atoms with Gasteiger partial charge in [-0.05, 0) is 18.4 Å². The minimum absolute atomic E-state index is 0.117. The predicted octanol–water partition coefficient (Wildman–Crippen LogP) is 1.71. The molecule has 1 N–H and O–H groups in total. The van der Waals surface area contributed by atoms with Crippen molar-refractivity contribution < 1.29 is 14.6 Å². The Bertz CT molecular complexity index is 361. The summed E-state index contributed by atoms with van der Waals surface area (Å²) >= 11 is 0. The molecule has 3 heteroatoms. The van der Waals surface area contributed by atoms with Gasteiger partial charge in [-0.3, -0.25) is 4.79 Å². The number of rotatable bonds is 2. The van der Waals surface area contributed by atoms with Gasteiger partial charge >= 0.3 is 5.97 Å². The second-order valence-electron chi connectivity index (χ2n) is 4.21. The number of aliphatic hydroxyl groups excluding tert-OH is 1. The fourth-order valence-corrected chi connectivity index (χ4v) is 2.52. The molecule has 1 aliphatic rings. The van der Waals surface area contributed by atoms with E-state index in [0.717, 1.165) is 5.56 Å². The Hall–Kier alpha value is -1.35. The molecule has 16 heavy (non-hydrogen) atoms. The van der Waals surface area contributed by atoms with Crippen LogP contribution in [0.1, 0.15) is 24.3 Å². The lowest BCUT2D eigenvalue weighted by Gasteiger charge is -2.20. The van der Waals surface area contributed by atoms with Crippen LogP contribution in [0.15, 0.2) is 30.3 Å². The second-order valence-corrected chi connectivity index (χ2v) is 4.21. The molecule has 1 aliphatic carbocycles. The van der Waals surface area contributed by atoms with Crippen molar-refractivity contribution in [3.63, 3.8) is 0 Å². The van der Waals surface area contributed by atoms with Crippen LogP contribution >= 0.6 is 0 Å². The van der Waals surface area contributed by atoms with Crippen LogP contribution in [0, 0.1) is 5.92 Å². The molecule has 0 saturated heterocycles. The van der Waals surface area contributed by atoms with Gasteiger partial charge in [0.05, 0.1) is 19.1 Å². The van der Waals surface area contributed by atoms with Crippen molar-refractivity contribution in [3.05, 3.63) is 35.9 Å². The van der Waals surface area contributed by atoms with E-state index >= 15 is 0 Å². The first-order valence-electron chi connectivity index (χ1n) is 5.55. The number of benzene rings is 1. The quantitative estimate of drug-likeness (QED) is 0.772. The normalized spacial score (nSPS) is 29.0. The first-order chi connectivity index (χ1) is 7.74. The van der Waals surface area contributed by atoms with Gasteiger partial charge in [-0.25, -0.2) is 0 Å². The van der Waals surface area contributed by atoms with Crippen molar-refractivity contribution in [2.75, 3.05) is 7.11 Å². The minimum atomic E-state index is -0.438. The summed E-state index contributed by atoms with van der Waals surface area (Å²) in [5.74, 6) is -0.540. The fraction of sp³-hybridized carbons (Fsp3) is 0.462. The molecule has 1 aromatic carbocycles. The van der Waals surface area contributed by atoms with Crippen molar-refractivity contribution in [3.8, 4) is 0 Å². The van der Waals surface area contributed by atoms with E-state index in [4.69, 9.17) is 4.74 Å². The predicted molar refractivity (Wildman–Crippen MR) is 59.9 cm³/mol. The molecule has 1 aromatic rings. The smallest absolute Gasteiger partial charge is 0.309 e. The van der Waals surface area contributed by atoms with E-state index < -0.39 is 6.10 Å². The lowest BCUT2D eigenvalue weighted by atomic mass is 9.88. The Morgan fingerprint density at radius 2 is 2.00 bits per heavy atom. The van der Waals surface area contributed by atoms with Gasteiger partial charge < -0.3 is 9.84 Å². The van der Waals surface area contributed by atoms with E-state index in [0.29, 0.717) is 12.8 Å². The number of carbonyl (C=O) groups excluding carboxylic acids is 1. The molecule has 0 aliphatic heterocycles. The van der Waals surface area contributed by atoms with Crippen molar-refractivity contribution in [1.29, 1.82) is 0 Å². The molecule has 0 amide bonds. The largest absolute Gasteiger partial charge is 0.469 e. The average molecular weight is 220 g/mol. The van der Waals surface area contributed by atoms with Gasteiger partial charge in [0.1, 0.15) is 0 Å². The molecule has 0 spiro atoms. The highest BCUT2D eigenvalue weighted by atomic mass is 16.5. The maximum Gasteiger partial charge on any atom is 0.309 e. The van der Waals surface area contributed by atoms with Crippen molar-refractivity contribution >= 4 is 5.97 Å². The molecule has 0 heterocycles. The first-order valence-corrected chi connectivity index (χ1v) is 5.55. The van der Waals surface area contributed by atoms with Gasteiger partial charge in [-0.1, -0.05) is 30.3 Å². The molecular formula is C13H16O3. The third kappa shape index (κ3) is 1.95. The average Bonchev–Trinajstić information content (AvgIpc) is 2.71. The maximum absolute atomic E-state index is 11.6. The molecule has 0 bridgehead atoms. The summed E-state index contributed by atoms with van der Waals surface area (Å²) in [4.78, 5) is 11.6. The summed E-state index contributed by atoms with van der Waals surface area (Å²) in [7, 11) is 1.40. The minimum Gasteiger partial charge on any atom is -0.469 e. The third-order valence-corrected chi connectivity index (χ3v) is 3.31. The van der Waals surface area contributed by atoms with Gasteiger partial charge in [0.2, 0.25) is 0 Å². The second kappa shape index (κ2) is 4.66. The standard InChI is InChI=1S/C13H16O3/c1-16-13(15)10-7-8-11(14)12(10)9-5-3-2-4-6-9/h2-6,10-12,14H,7-8H2,1H3/t10-,11+,12+/m1/s1. The molecule has 1 fully saturated rings. The molecule has 1 saturated carbocycles. The van der Waals surface area contributed by atoms with Crippen LogP contribution in [0.3, 0.4) is 0 Å². The van der Waals surface area contributed by atoms with Crippen LogP contribution in [0.5, 0.6) is 0 Å². The van der Waals surface area contributed by atoms with Crippen LogP contribution in [0.25, 0.3) is 0 Å². The van der Waals surface area contributed by atoms with E-state index in [-0.39, 0.29) is 17.8 Å². The molecule has 2 rings (SSSR count). The zero-order chi connectivity index (χ0) is 11.5. The Morgan fingerprint density at radius 1 is 1.31 bits per heavy atom. The first kappa shape index (κ1) is 11.1. The number of hydrogen-bond acceptors (Lipinski definition) is 3. The number of hydrogen-bond donors (Lipinski definition) is 1. The van der Waals surface area contributed by atoms with Gasteiger partial charge in [-0.15, -0.1) is 0 Å². The summed E-state index contributed by atoms with van der Waals surface area (Å²) in [6.07, 6.45) is 0.929. The van der Waals surface area contributed by atoms with Crippen molar-refractivity contribution in [2.24, 2.45) is 5.92 Å². The van der Waals surface area contributed by atoms with Gasteiger partial charge in [-0.2, -0.15) is 0 Å². The van der Waals surface area contributed by atoms with Crippen molar-refractivity contribution in [1.82, 2.24) is 0 Å². The zero-order valence-corrected chi connectivity index (χ0v) is 9.30. The third-order valence-electron chi connectivity index (χ3n) is 3.31. The van der Waals surface area contributed by atoms with Crippen LogP contribution < -0.4 is 0 Å². The highest BCUT2D eigenvalue weighted by molar-refractivity contribution is 5.74. The molecule has 0 aromatic heterocycles. The van der Waals surface area contributed by atoms with Gasteiger partial charge in [0.15, 0.2) is 0 Å². The summed E-state index contributed by atoms with van der Waals surface area (Å²) < 4.78 is 4.78. The molecule has 3 atom stereocenters. The van der Waals surface area contributed by atoms with E-state index in [1.54, 1.807) is 0 Å². The molecule has 3 nitrogen and oxygen atoms in total. The summed E-state index contributed by atoms with van der Waals surface area (Å²) in [5.41, 5.74) is 1.02. The van der Waals surface area contributed by atoms with E-state index in [1.807, 2.05) is 30.3 Å². The summed E-state index contributed by atoms with van der Waals surface area (Å²) in [5, 5.41) is 9.95. The number of methoxy groups -OCH3 is 1. The highest BCUT2D eigenvalue weighted by Crippen LogP contribution is 2.40. The van der Waals surface area contributed by atoms with Crippen LogP contribution in [0.4, 0.5) is 0 Å². The topological polar surface area (TPSA) is 46.5 Å². The number of aliphatic hydroxyl groups is 1. The maximum atomic E-state index is 11.6. The zero-order valence-electron chi connectivity index (χ0n) is 9.30. The van der Waals surface area contributed by atoms with Gasteiger partial charge in [0.25, 0.3) is 0 Å². The van der Waals surface area contributed by atoms with Crippen LogP contribution in [-0.2, 0) is 9.53 Å². The van der Waals surface area contributed by atoms with E-state index in [9.17, 15) is 9.90 Å². The summed E-state index contributed by atoms with van der Waals surface area (Å²) in [6.45, 7) is 0. The molecule has 86 valence electrons. The van der Waals surface area contributed by atoms with Crippen LogP contribution in [-0.4, -0.2) is 24.3 Å².